The van der Waals surface area contributed by atoms with E-state index in [9.17, 15) is 4.79 Å². The fourth-order valence-corrected chi connectivity index (χ4v) is 4.71. The van der Waals surface area contributed by atoms with E-state index in [-0.39, 0.29) is 25.3 Å². The van der Waals surface area contributed by atoms with Crippen LogP contribution in [0.2, 0.25) is 0 Å². The molecule has 0 aromatic heterocycles. The topological polar surface area (TPSA) is 74.2 Å². The number of esters is 1. The summed E-state index contributed by atoms with van der Waals surface area (Å²) in [6, 6.07) is 0. The Morgan fingerprint density at radius 3 is 1.80 bits per heavy atom. The summed E-state index contributed by atoms with van der Waals surface area (Å²) < 4.78 is 21.4. The summed E-state index contributed by atoms with van der Waals surface area (Å²) >= 11 is 1.70. The number of unbranched alkanes of at least 4 members (excludes halogenated alkanes) is 15. The van der Waals surface area contributed by atoms with E-state index in [0.717, 1.165) is 24.5 Å². The second kappa shape index (κ2) is 29.9. The zero-order valence-electron chi connectivity index (χ0n) is 22.9. The number of aliphatic hydroxyl groups is 1. The van der Waals surface area contributed by atoms with Crippen molar-refractivity contribution >= 4 is 17.7 Å². The lowest BCUT2D eigenvalue weighted by molar-refractivity contribution is -0.148. The summed E-state index contributed by atoms with van der Waals surface area (Å²) in [6.45, 7) is 4.46. The molecule has 0 bridgehead atoms. The molecule has 210 valence electrons. The summed E-state index contributed by atoms with van der Waals surface area (Å²) in [5, 5.41) is 8.72. The van der Waals surface area contributed by atoms with Gasteiger partial charge in [-0.15, -0.1) is 0 Å². The van der Waals surface area contributed by atoms with Gasteiger partial charge in [-0.25, -0.2) is 4.79 Å². The minimum atomic E-state index is -0.371. The van der Waals surface area contributed by atoms with E-state index in [1.54, 1.807) is 11.8 Å². The largest absolute Gasteiger partial charge is 0.467 e. The van der Waals surface area contributed by atoms with Crippen molar-refractivity contribution in [3.05, 3.63) is 0 Å². The molecule has 0 rings (SSSR count). The van der Waals surface area contributed by atoms with Crippen molar-refractivity contribution in [2.24, 2.45) is 0 Å². The number of rotatable bonds is 29. The molecule has 0 aliphatic rings. The van der Waals surface area contributed by atoms with Crippen molar-refractivity contribution in [3.8, 4) is 0 Å². The van der Waals surface area contributed by atoms with Crippen LogP contribution in [0.3, 0.4) is 0 Å². The van der Waals surface area contributed by atoms with Gasteiger partial charge in [-0.2, -0.15) is 11.8 Å². The zero-order valence-corrected chi connectivity index (χ0v) is 23.8. The van der Waals surface area contributed by atoms with Crippen molar-refractivity contribution in [1.82, 2.24) is 0 Å². The molecule has 0 saturated heterocycles. The van der Waals surface area contributed by atoms with E-state index >= 15 is 0 Å². The highest BCUT2D eigenvalue weighted by Gasteiger charge is 2.12. The summed E-state index contributed by atoms with van der Waals surface area (Å²) in [5.74, 6) is 1.18. The van der Waals surface area contributed by atoms with E-state index in [1.165, 1.54) is 103 Å². The van der Waals surface area contributed by atoms with Crippen LogP contribution in [0, 0.1) is 0 Å². The first-order valence-corrected chi connectivity index (χ1v) is 15.4. The molecular weight excluding hydrogens is 464 g/mol. The summed E-state index contributed by atoms with van der Waals surface area (Å²) in [6.07, 6.45) is 21.6. The van der Waals surface area contributed by atoms with Crippen LogP contribution >= 0.6 is 11.8 Å². The fourth-order valence-electron chi connectivity index (χ4n) is 3.86. The molecule has 1 unspecified atom stereocenters. The summed E-state index contributed by atoms with van der Waals surface area (Å²) in [7, 11) is 1.36. The van der Waals surface area contributed by atoms with Crippen LogP contribution in [0.1, 0.15) is 110 Å². The Bertz CT molecular complexity index is 424. The number of hydrogen-bond acceptors (Lipinski definition) is 7. The van der Waals surface area contributed by atoms with Crippen molar-refractivity contribution in [3.63, 3.8) is 0 Å². The number of carbonyl (C=O) groups excluding carboxylic acids is 1. The second-order valence-corrected chi connectivity index (χ2v) is 10.4. The molecule has 35 heavy (non-hydrogen) atoms. The lowest BCUT2D eigenvalue weighted by Crippen LogP contribution is -2.27. The van der Waals surface area contributed by atoms with Crippen LogP contribution in [0.15, 0.2) is 0 Å². The molecule has 0 heterocycles. The van der Waals surface area contributed by atoms with Crippen molar-refractivity contribution in [2.75, 3.05) is 58.3 Å². The van der Waals surface area contributed by atoms with Crippen LogP contribution in [-0.2, 0) is 23.7 Å². The van der Waals surface area contributed by atoms with E-state index in [1.807, 2.05) is 0 Å². The van der Waals surface area contributed by atoms with Crippen LogP contribution in [-0.4, -0.2) is 75.4 Å². The van der Waals surface area contributed by atoms with Gasteiger partial charge in [-0.1, -0.05) is 103 Å². The number of thioether (sulfide) groups is 1. The molecule has 0 amide bonds. The first kappa shape index (κ1) is 34.7. The quantitative estimate of drug-likeness (QED) is 0.0883. The molecule has 0 radical (unpaired) electrons. The van der Waals surface area contributed by atoms with E-state index in [4.69, 9.17) is 19.3 Å². The maximum Gasteiger partial charge on any atom is 0.331 e. The highest BCUT2D eigenvalue weighted by molar-refractivity contribution is 7.99. The predicted octanol–water partition coefficient (Wildman–Crippen LogP) is 6.56. The molecule has 0 fully saturated rings. The van der Waals surface area contributed by atoms with Crippen LogP contribution in [0.25, 0.3) is 0 Å². The van der Waals surface area contributed by atoms with E-state index < -0.39 is 0 Å². The number of hydrogen-bond donors (Lipinski definition) is 1. The number of ether oxygens (including phenoxy) is 4. The average molecular weight is 521 g/mol. The summed E-state index contributed by atoms with van der Waals surface area (Å²) in [5.41, 5.74) is 0. The summed E-state index contributed by atoms with van der Waals surface area (Å²) in [4.78, 5) is 11.4. The van der Waals surface area contributed by atoms with Gasteiger partial charge in [0.15, 0.2) is 0 Å². The Hall–Kier alpha value is -0.340. The van der Waals surface area contributed by atoms with Crippen molar-refractivity contribution in [1.29, 1.82) is 0 Å². The maximum absolute atomic E-state index is 11.4. The molecule has 0 aromatic carbocycles. The standard InChI is InChI=1S/C28H56O6S/c1-3-4-5-6-7-8-9-10-11-12-13-14-15-16-17-18-20-33-24-27(34-25-28(30)31-2)26-35-23-22-32-21-19-29/h27,29H,3-26H2,1-2H3. The fraction of sp³-hybridized carbons (Fsp3) is 0.964. The predicted molar refractivity (Wildman–Crippen MR) is 147 cm³/mol. The first-order valence-electron chi connectivity index (χ1n) is 14.3. The Morgan fingerprint density at radius 1 is 0.743 bits per heavy atom. The van der Waals surface area contributed by atoms with Gasteiger partial charge in [0.1, 0.15) is 6.61 Å². The van der Waals surface area contributed by atoms with Crippen molar-refractivity contribution < 1.29 is 28.8 Å². The van der Waals surface area contributed by atoms with Gasteiger partial charge in [0.2, 0.25) is 0 Å². The van der Waals surface area contributed by atoms with Crippen molar-refractivity contribution in [2.45, 2.75) is 116 Å². The van der Waals surface area contributed by atoms with Gasteiger partial charge in [0.25, 0.3) is 0 Å². The minimum absolute atomic E-state index is 0.0444. The highest BCUT2D eigenvalue weighted by Crippen LogP contribution is 2.14. The van der Waals surface area contributed by atoms with E-state index in [0.29, 0.717) is 19.8 Å². The molecule has 7 heteroatoms. The minimum Gasteiger partial charge on any atom is -0.467 e. The number of carbonyl (C=O) groups is 1. The molecule has 0 aliphatic heterocycles. The Morgan fingerprint density at radius 2 is 1.29 bits per heavy atom. The molecule has 0 aliphatic carbocycles. The van der Waals surface area contributed by atoms with Gasteiger partial charge < -0.3 is 24.1 Å². The lowest BCUT2D eigenvalue weighted by Gasteiger charge is -2.17. The van der Waals surface area contributed by atoms with Gasteiger partial charge in [0.05, 0.1) is 39.6 Å². The molecular formula is C28H56O6S. The second-order valence-electron chi connectivity index (χ2n) is 9.30. The van der Waals surface area contributed by atoms with Gasteiger partial charge in [-0.05, 0) is 6.42 Å². The molecule has 0 spiro atoms. The molecule has 0 saturated carbocycles. The Labute approximate surface area is 220 Å². The van der Waals surface area contributed by atoms with Crippen LogP contribution < -0.4 is 0 Å². The van der Waals surface area contributed by atoms with E-state index in [2.05, 4.69) is 11.7 Å². The first-order chi connectivity index (χ1) is 17.2. The van der Waals surface area contributed by atoms with Gasteiger partial charge in [-0.3, -0.25) is 0 Å². The molecule has 6 nitrogen and oxygen atoms in total. The highest BCUT2D eigenvalue weighted by atomic mass is 32.2. The van der Waals surface area contributed by atoms with Gasteiger partial charge in [0, 0.05) is 18.1 Å². The van der Waals surface area contributed by atoms with Gasteiger partial charge >= 0.3 is 5.97 Å². The number of methoxy groups -OCH3 is 1. The third-order valence-corrected chi connectivity index (χ3v) is 7.08. The third kappa shape index (κ3) is 28.1. The van der Waals surface area contributed by atoms with Crippen LogP contribution in [0.4, 0.5) is 0 Å². The third-order valence-electron chi connectivity index (χ3n) is 6.02. The monoisotopic (exact) mass is 520 g/mol. The molecule has 1 atom stereocenters. The van der Waals surface area contributed by atoms with Crippen LogP contribution in [0.5, 0.6) is 0 Å². The SMILES string of the molecule is CCCCCCCCCCCCCCCCCCOCC(CSCCOCCO)OCC(=O)OC. The zero-order chi connectivity index (χ0) is 25.7. The lowest BCUT2D eigenvalue weighted by atomic mass is 10.0. The maximum atomic E-state index is 11.4. The normalized spacial score (nSPS) is 12.2. The molecule has 0 aromatic rings. The number of aliphatic hydroxyl groups excluding tert-OH is 1. The molecule has 1 N–H and O–H groups in total. The smallest absolute Gasteiger partial charge is 0.331 e. The Balaban J connectivity index is 3.53. The Kier molecular flexibility index (Phi) is 29.6. The average Bonchev–Trinajstić information content (AvgIpc) is 2.87.